The molecule has 5 nitrogen and oxygen atoms in total. The maximum atomic E-state index is 13.0. The zero-order chi connectivity index (χ0) is 16.4. The Labute approximate surface area is 141 Å². The van der Waals surface area contributed by atoms with E-state index >= 15 is 0 Å². The van der Waals surface area contributed by atoms with E-state index in [2.05, 4.69) is 4.90 Å². The third-order valence-electron chi connectivity index (χ3n) is 4.93. The minimum absolute atomic E-state index is 0.0214. The van der Waals surface area contributed by atoms with Gasteiger partial charge in [-0.15, -0.1) is 0 Å². The number of piperidine rings is 1. The predicted molar refractivity (Wildman–Crippen MR) is 90.6 cm³/mol. The fourth-order valence-corrected chi connectivity index (χ4v) is 3.69. The van der Waals surface area contributed by atoms with Crippen molar-refractivity contribution in [3.8, 4) is 0 Å². The zero-order valence-corrected chi connectivity index (χ0v) is 13.6. The first-order chi connectivity index (χ1) is 11.8. The molecular weight excluding hydrogens is 304 g/mol. The zero-order valence-electron chi connectivity index (χ0n) is 13.6. The number of nitrogens with zero attached hydrogens (tertiary/aromatic N) is 2. The summed E-state index contributed by atoms with van der Waals surface area (Å²) in [7, 11) is 0. The van der Waals surface area contributed by atoms with Crippen LogP contribution in [0.4, 0.5) is 5.69 Å². The van der Waals surface area contributed by atoms with Gasteiger partial charge in [-0.05, 0) is 31.2 Å². The number of ether oxygens (including phenoxy) is 1. The van der Waals surface area contributed by atoms with E-state index < -0.39 is 0 Å². The van der Waals surface area contributed by atoms with Crippen LogP contribution in [0.1, 0.15) is 12.0 Å². The monoisotopic (exact) mass is 326 g/mol. The highest BCUT2D eigenvalue weighted by atomic mass is 16.5. The van der Waals surface area contributed by atoms with Gasteiger partial charge in [0.1, 0.15) is 0 Å². The highest BCUT2D eigenvalue weighted by Gasteiger charge is 2.39. The van der Waals surface area contributed by atoms with Crippen LogP contribution in [-0.4, -0.2) is 43.2 Å². The molecule has 4 rings (SSSR count). The van der Waals surface area contributed by atoms with Gasteiger partial charge in [0.15, 0.2) is 0 Å². The molecule has 2 fully saturated rings. The van der Waals surface area contributed by atoms with Crippen molar-refractivity contribution in [3.05, 3.63) is 54.5 Å². The standard InChI is InChI=1S/C19H22N2O3/c22-19-17-6-8-20(12-15-7-10-23-14-15)13-18(17)24-11-9-21(19)16-4-2-1-3-5-16/h1-5,7,10,14,17-18H,6,8-9,11-13H2/t17-,18+/m1/s1. The Morgan fingerprint density at radius 3 is 2.79 bits per heavy atom. The minimum atomic E-state index is -0.0479. The van der Waals surface area contributed by atoms with Gasteiger partial charge >= 0.3 is 0 Å². The molecule has 2 aromatic rings. The van der Waals surface area contributed by atoms with E-state index in [1.165, 1.54) is 5.56 Å². The van der Waals surface area contributed by atoms with E-state index in [0.717, 1.165) is 31.7 Å². The van der Waals surface area contributed by atoms with Crippen LogP contribution in [0, 0.1) is 5.92 Å². The van der Waals surface area contributed by atoms with Gasteiger partial charge in [0, 0.05) is 30.9 Å². The Morgan fingerprint density at radius 2 is 2.00 bits per heavy atom. The van der Waals surface area contributed by atoms with Crippen molar-refractivity contribution in [3.63, 3.8) is 0 Å². The van der Waals surface area contributed by atoms with Crippen LogP contribution in [0.25, 0.3) is 0 Å². The van der Waals surface area contributed by atoms with Crippen LogP contribution < -0.4 is 4.90 Å². The molecule has 126 valence electrons. The topological polar surface area (TPSA) is 45.9 Å². The lowest BCUT2D eigenvalue weighted by Crippen LogP contribution is -2.49. The Balaban J connectivity index is 1.46. The summed E-state index contributed by atoms with van der Waals surface area (Å²) in [6, 6.07) is 11.9. The van der Waals surface area contributed by atoms with Crippen molar-refractivity contribution in [2.45, 2.75) is 19.1 Å². The molecule has 1 aromatic heterocycles. The Hall–Kier alpha value is -2.11. The lowest BCUT2D eigenvalue weighted by molar-refractivity contribution is -0.128. The van der Waals surface area contributed by atoms with E-state index in [1.54, 1.807) is 12.5 Å². The molecule has 5 heteroatoms. The summed E-state index contributed by atoms with van der Waals surface area (Å²) in [5, 5.41) is 0. The Kier molecular flexibility index (Phi) is 4.36. The summed E-state index contributed by atoms with van der Waals surface area (Å²) in [5.74, 6) is 0.153. The molecule has 0 bridgehead atoms. The molecule has 0 spiro atoms. The van der Waals surface area contributed by atoms with Gasteiger partial charge in [-0.3, -0.25) is 9.69 Å². The van der Waals surface area contributed by atoms with Gasteiger partial charge < -0.3 is 14.1 Å². The SMILES string of the molecule is O=C1[C@@H]2CCN(Cc3ccoc3)C[C@@H]2OCCN1c1ccccc1. The van der Waals surface area contributed by atoms with Gasteiger partial charge in [-0.2, -0.15) is 0 Å². The number of fused-ring (bicyclic) bond motifs is 1. The van der Waals surface area contributed by atoms with Gasteiger partial charge in [-0.25, -0.2) is 0 Å². The molecule has 0 saturated carbocycles. The van der Waals surface area contributed by atoms with E-state index in [4.69, 9.17) is 9.15 Å². The van der Waals surface area contributed by atoms with E-state index in [1.807, 2.05) is 41.3 Å². The second-order valence-corrected chi connectivity index (χ2v) is 6.50. The highest BCUT2D eigenvalue weighted by molar-refractivity contribution is 5.95. The number of likely N-dealkylation sites (tertiary alicyclic amines) is 1. The lowest BCUT2D eigenvalue weighted by Gasteiger charge is -2.36. The number of carbonyl (C=O) groups excluding carboxylic acids is 1. The van der Waals surface area contributed by atoms with Crippen LogP contribution in [0.15, 0.2) is 53.3 Å². The van der Waals surface area contributed by atoms with Crippen molar-refractivity contribution >= 4 is 11.6 Å². The van der Waals surface area contributed by atoms with Gasteiger partial charge in [0.05, 0.1) is 31.2 Å². The van der Waals surface area contributed by atoms with Crippen LogP contribution in [0.3, 0.4) is 0 Å². The first-order valence-electron chi connectivity index (χ1n) is 8.53. The number of carbonyl (C=O) groups is 1. The van der Waals surface area contributed by atoms with Crippen molar-refractivity contribution in [2.24, 2.45) is 5.92 Å². The lowest BCUT2D eigenvalue weighted by atomic mass is 9.92. The smallest absolute Gasteiger partial charge is 0.232 e. The van der Waals surface area contributed by atoms with E-state index in [0.29, 0.717) is 13.2 Å². The number of hydrogen-bond donors (Lipinski definition) is 0. The number of anilines is 1. The molecule has 1 aromatic carbocycles. The molecule has 0 aliphatic carbocycles. The van der Waals surface area contributed by atoms with Crippen molar-refractivity contribution in [2.75, 3.05) is 31.1 Å². The van der Waals surface area contributed by atoms with Crippen molar-refractivity contribution in [1.82, 2.24) is 4.90 Å². The molecule has 2 atom stereocenters. The van der Waals surface area contributed by atoms with Crippen LogP contribution in [-0.2, 0) is 16.1 Å². The van der Waals surface area contributed by atoms with Crippen molar-refractivity contribution in [1.29, 1.82) is 0 Å². The molecule has 2 aliphatic rings. The van der Waals surface area contributed by atoms with Gasteiger partial charge in [-0.1, -0.05) is 18.2 Å². The average molecular weight is 326 g/mol. The summed E-state index contributed by atoms with van der Waals surface area (Å²) >= 11 is 0. The largest absolute Gasteiger partial charge is 0.472 e. The molecule has 24 heavy (non-hydrogen) atoms. The molecule has 0 unspecified atom stereocenters. The molecular formula is C19H22N2O3. The van der Waals surface area contributed by atoms with Crippen LogP contribution in [0.2, 0.25) is 0 Å². The van der Waals surface area contributed by atoms with Crippen LogP contribution >= 0.6 is 0 Å². The fraction of sp³-hybridized carbons (Fsp3) is 0.421. The molecule has 2 aliphatic heterocycles. The molecule has 1 amide bonds. The molecule has 0 radical (unpaired) electrons. The second kappa shape index (κ2) is 6.79. The maximum absolute atomic E-state index is 13.0. The number of furan rings is 1. The number of rotatable bonds is 3. The molecule has 0 N–H and O–H groups in total. The Bertz CT molecular complexity index is 671. The number of para-hydroxylation sites is 1. The number of amides is 1. The summed E-state index contributed by atoms with van der Waals surface area (Å²) in [6.07, 6.45) is 4.30. The summed E-state index contributed by atoms with van der Waals surface area (Å²) in [5.41, 5.74) is 2.13. The highest BCUT2D eigenvalue weighted by Crippen LogP contribution is 2.28. The summed E-state index contributed by atoms with van der Waals surface area (Å²) < 4.78 is 11.2. The quantitative estimate of drug-likeness (QED) is 0.869. The third-order valence-corrected chi connectivity index (χ3v) is 4.93. The van der Waals surface area contributed by atoms with E-state index in [9.17, 15) is 4.79 Å². The summed E-state index contributed by atoms with van der Waals surface area (Å²) in [6.45, 7) is 3.76. The number of hydrogen-bond acceptors (Lipinski definition) is 4. The van der Waals surface area contributed by atoms with Crippen LogP contribution in [0.5, 0.6) is 0 Å². The molecule has 2 saturated heterocycles. The number of benzene rings is 1. The predicted octanol–water partition coefficient (Wildman–Crippen LogP) is 2.53. The van der Waals surface area contributed by atoms with Gasteiger partial charge in [0.25, 0.3) is 0 Å². The Morgan fingerprint density at radius 1 is 1.12 bits per heavy atom. The summed E-state index contributed by atoms with van der Waals surface area (Å²) in [4.78, 5) is 17.2. The first kappa shape index (κ1) is 15.4. The van der Waals surface area contributed by atoms with E-state index in [-0.39, 0.29) is 17.9 Å². The first-order valence-corrected chi connectivity index (χ1v) is 8.53. The van der Waals surface area contributed by atoms with Gasteiger partial charge in [0.2, 0.25) is 5.91 Å². The van der Waals surface area contributed by atoms with Crippen molar-refractivity contribution < 1.29 is 13.9 Å². The average Bonchev–Trinajstić information content (AvgIpc) is 3.06. The minimum Gasteiger partial charge on any atom is -0.472 e. The third kappa shape index (κ3) is 3.09. The fourth-order valence-electron chi connectivity index (χ4n) is 3.69. The second-order valence-electron chi connectivity index (χ2n) is 6.50. The molecule has 3 heterocycles. The maximum Gasteiger partial charge on any atom is 0.232 e. The normalized spacial score (nSPS) is 25.3.